The fourth-order valence-electron chi connectivity index (χ4n) is 1.58. The van der Waals surface area contributed by atoms with Crippen LogP contribution in [0.15, 0.2) is 51.4 Å². The van der Waals surface area contributed by atoms with Crippen LogP contribution >= 0.6 is 31.9 Å². The minimum Gasteiger partial charge on any atom is -0.483 e. The molecule has 98 valence electrons. The van der Waals surface area contributed by atoms with E-state index in [0.29, 0.717) is 11.3 Å². The molecule has 2 nitrogen and oxygen atoms in total. The summed E-state index contributed by atoms with van der Waals surface area (Å²) in [5.74, 6) is 0.602. The number of ether oxygens (including phenoxy) is 1. The van der Waals surface area contributed by atoms with Crippen LogP contribution in [0.4, 0.5) is 0 Å². The van der Waals surface area contributed by atoms with E-state index in [1.165, 1.54) is 0 Å². The van der Waals surface area contributed by atoms with E-state index < -0.39 is 0 Å². The van der Waals surface area contributed by atoms with Gasteiger partial charge in [-0.15, -0.1) is 0 Å². The Morgan fingerprint density at radius 2 is 1.63 bits per heavy atom. The van der Waals surface area contributed by atoms with Crippen LogP contribution in [0, 0.1) is 6.92 Å². The lowest BCUT2D eigenvalue weighted by Crippen LogP contribution is -2.12. The number of rotatable bonds is 4. The van der Waals surface area contributed by atoms with E-state index in [0.717, 1.165) is 14.5 Å². The standard InChI is InChI=1S/C15H12Br2O2/c1-10-5-7-11(8-6-10)14(18)9-19-15-12(16)3-2-4-13(15)17/h2-8H,9H2,1H3. The molecule has 0 bridgehead atoms. The number of carbonyl (C=O) groups excluding carboxylic acids is 1. The van der Waals surface area contributed by atoms with E-state index in [9.17, 15) is 4.79 Å². The molecule has 19 heavy (non-hydrogen) atoms. The number of aryl methyl sites for hydroxylation is 1. The molecular formula is C15H12Br2O2. The average molecular weight is 384 g/mol. The Hall–Kier alpha value is -1.13. The van der Waals surface area contributed by atoms with E-state index in [4.69, 9.17) is 4.74 Å². The zero-order valence-corrected chi connectivity index (χ0v) is 13.5. The van der Waals surface area contributed by atoms with Gasteiger partial charge in [-0.05, 0) is 50.9 Å². The first-order chi connectivity index (χ1) is 9.08. The predicted molar refractivity (Wildman–Crippen MR) is 82.8 cm³/mol. The van der Waals surface area contributed by atoms with Gasteiger partial charge >= 0.3 is 0 Å². The van der Waals surface area contributed by atoms with Crippen LogP contribution in [0.5, 0.6) is 5.75 Å². The molecule has 2 aromatic rings. The average Bonchev–Trinajstić information content (AvgIpc) is 2.38. The number of ketones is 1. The SMILES string of the molecule is Cc1ccc(C(=O)COc2c(Br)cccc2Br)cc1. The maximum atomic E-state index is 12.0. The number of halogens is 2. The first-order valence-electron chi connectivity index (χ1n) is 5.74. The molecule has 0 aliphatic heterocycles. The first-order valence-corrected chi connectivity index (χ1v) is 7.33. The minimum absolute atomic E-state index is 0.0181. The third kappa shape index (κ3) is 3.67. The molecule has 4 heteroatoms. The van der Waals surface area contributed by atoms with Crippen molar-refractivity contribution in [3.63, 3.8) is 0 Å². The Kier molecular flexibility index (Phi) is 4.77. The summed E-state index contributed by atoms with van der Waals surface area (Å²) in [6, 6.07) is 13.1. The molecule has 2 rings (SSSR count). The van der Waals surface area contributed by atoms with Crippen LogP contribution in [0.2, 0.25) is 0 Å². The summed E-state index contributed by atoms with van der Waals surface area (Å²) >= 11 is 6.79. The van der Waals surface area contributed by atoms with E-state index in [1.54, 1.807) is 0 Å². The van der Waals surface area contributed by atoms with Gasteiger partial charge in [-0.2, -0.15) is 0 Å². The summed E-state index contributed by atoms with van der Waals surface area (Å²) in [5.41, 5.74) is 1.79. The van der Waals surface area contributed by atoms with Gasteiger partial charge in [0, 0.05) is 5.56 Å². The molecule has 0 saturated carbocycles. The quantitative estimate of drug-likeness (QED) is 0.710. The second-order valence-electron chi connectivity index (χ2n) is 4.13. The maximum absolute atomic E-state index is 12.0. The third-order valence-corrected chi connectivity index (χ3v) is 3.89. The highest BCUT2D eigenvalue weighted by atomic mass is 79.9. The zero-order chi connectivity index (χ0) is 13.8. The van der Waals surface area contributed by atoms with Crippen molar-refractivity contribution >= 4 is 37.6 Å². The van der Waals surface area contributed by atoms with Crippen LogP contribution in [-0.2, 0) is 0 Å². The molecule has 0 N–H and O–H groups in total. The monoisotopic (exact) mass is 382 g/mol. The number of para-hydroxylation sites is 1. The molecule has 0 aliphatic carbocycles. The van der Waals surface area contributed by atoms with E-state index in [1.807, 2.05) is 49.4 Å². The third-order valence-electron chi connectivity index (χ3n) is 2.64. The highest BCUT2D eigenvalue weighted by Crippen LogP contribution is 2.32. The van der Waals surface area contributed by atoms with Gasteiger partial charge in [0.1, 0.15) is 5.75 Å². The van der Waals surface area contributed by atoms with Crippen LogP contribution in [0.25, 0.3) is 0 Å². The van der Waals surface area contributed by atoms with Crippen molar-refractivity contribution in [3.8, 4) is 5.75 Å². The van der Waals surface area contributed by atoms with Crippen molar-refractivity contribution in [1.29, 1.82) is 0 Å². The molecule has 0 amide bonds. The van der Waals surface area contributed by atoms with Gasteiger partial charge in [-0.1, -0.05) is 35.9 Å². The van der Waals surface area contributed by atoms with Crippen molar-refractivity contribution in [2.24, 2.45) is 0 Å². The molecule has 0 aliphatic rings. The molecule has 0 saturated heterocycles. The van der Waals surface area contributed by atoms with Gasteiger partial charge in [0.05, 0.1) is 8.95 Å². The second-order valence-corrected chi connectivity index (χ2v) is 5.84. The first kappa shape index (κ1) is 14.3. The molecule has 0 radical (unpaired) electrons. The summed E-state index contributed by atoms with van der Waals surface area (Å²) in [7, 11) is 0. The Morgan fingerprint density at radius 3 is 2.21 bits per heavy atom. The molecule has 0 atom stereocenters. The topological polar surface area (TPSA) is 26.3 Å². The summed E-state index contributed by atoms with van der Waals surface area (Å²) in [4.78, 5) is 12.0. The van der Waals surface area contributed by atoms with Crippen molar-refractivity contribution in [2.75, 3.05) is 6.61 Å². The van der Waals surface area contributed by atoms with Crippen molar-refractivity contribution < 1.29 is 9.53 Å². The van der Waals surface area contributed by atoms with Crippen molar-refractivity contribution in [2.45, 2.75) is 6.92 Å². The van der Waals surface area contributed by atoms with Gasteiger partial charge in [0.25, 0.3) is 0 Å². The van der Waals surface area contributed by atoms with Gasteiger partial charge in [-0.3, -0.25) is 4.79 Å². The number of hydrogen-bond donors (Lipinski definition) is 0. The smallest absolute Gasteiger partial charge is 0.200 e. The van der Waals surface area contributed by atoms with Gasteiger partial charge in [-0.25, -0.2) is 0 Å². The lowest BCUT2D eigenvalue weighted by Gasteiger charge is -2.09. The molecule has 0 aromatic heterocycles. The van der Waals surface area contributed by atoms with Gasteiger partial charge in [0.2, 0.25) is 0 Å². The molecular weight excluding hydrogens is 372 g/mol. The van der Waals surface area contributed by atoms with E-state index >= 15 is 0 Å². The number of carbonyl (C=O) groups is 1. The predicted octanol–water partition coefficient (Wildman–Crippen LogP) is 4.78. The van der Waals surface area contributed by atoms with Crippen LogP contribution in [0.1, 0.15) is 15.9 Å². The highest BCUT2D eigenvalue weighted by Gasteiger charge is 2.10. The fourth-order valence-corrected chi connectivity index (χ4v) is 2.81. The molecule has 0 spiro atoms. The van der Waals surface area contributed by atoms with Crippen LogP contribution < -0.4 is 4.74 Å². The largest absolute Gasteiger partial charge is 0.483 e. The Labute approximate surface area is 129 Å². The van der Waals surface area contributed by atoms with Crippen molar-refractivity contribution in [1.82, 2.24) is 0 Å². The Balaban J connectivity index is 2.06. The fraction of sp³-hybridized carbons (Fsp3) is 0.133. The molecule has 2 aromatic carbocycles. The van der Waals surface area contributed by atoms with Gasteiger partial charge < -0.3 is 4.74 Å². The molecule has 0 heterocycles. The normalized spacial score (nSPS) is 10.3. The lowest BCUT2D eigenvalue weighted by molar-refractivity contribution is 0.0920. The van der Waals surface area contributed by atoms with Crippen LogP contribution in [-0.4, -0.2) is 12.4 Å². The molecule has 0 fully saturated rings. The number of Topliss-reactive ketones (excluding diaryl/α,β-unsaturated/α-hetero) is 1. The maximum Gasteiger partial charge on any atom is 0.200 e. The van der Waals surface area contributed by atoms with E-state index in [-0.39, 0.29) is 12.4 Å². The highest BCUT2D eigenvalue weighted by molar-refractivity contribution is 9.11. The number of benzene rings is 2. The number of hydrogen-bond acceptors (Lipinski definition) is 2. The summed E-state index contributed by atoms with van der Waals surface area (Å²) in [5, 5.41) is 0. The summed E-state index contributed by atoms with van der Waals surface area (Å²) in [6.07, 6.45) is 0. The Bertz CT molecular complexity index is 571. The molecule has 0 unspecified atom stereocenters. The second kappa shape index (κ2) is 6.35. The Morgan fingerprint density at radius 1 is 1.05 bits per heavy atom. The zero-order valence-electron chi connectivity index (χ0n) is 10.3. The summed E-state index contributed by atoms with van der Waals surface area (Å²) < 4.78 is 7.21. The van der Waals surface area contributed by atoms with E-state index in [2.05, 4.69) is 31.9 Å². The minimum atomic E-state index is -0.0392. The lowest BCUT2D eigenvalue weighted by atomic mass is 10.1. The van der Waals surface area contributed by atoms with Crippen LogP contribution in [0.3, 0.4) is 0 Å². The van der Waals surface area contributed by atoms with Gasteiger partial charge in [0.15, 0.2) is 12.4 Å². The summed E-state index contributed by atoms with van der Waals surface area (Å²) in [6.45, 7) is 2.01. The van der Waals surface area contributed by atoms with Crippen molar-refractivity contribution in [3.05, 3.63) is 62.5 Å².